The van der Waals surface area contributed by atoms with E-state index < -0.39 is 0 Å². The molecule has 0 aliphatic carbocycles. The van der Waals surface area contributed by atoms with Gasteiger partial charge in [0.2, 0.25) is 11.4 Å². The molecule has 0 N–H and O–H groups in total. The number of nitrogens with zero attached hydrogens (tertiary/aromatic N) is 2. The molecule has 39 heavy (non-hydrogen) atoms. The Balaban J connectivity index is 0.00000170. The Morgan fingerprint density at radius 2 is 1.08 bits per heavy atom. The zero-order valence-corrected chi connectivity index (χ0v) is 26.5. The van der Waals surface area contributed by atoms with E-state index in [4.69, 9.17) is 0 Å². The van der Waals surface area contributed by atoms with E-state index in [-0.39, 0.29) is 0 Å². The summed E-state index contributed by atoms with van der Waals surface area (Å²) in [6, 6.07) is 17.7. The standard InChI is InChI=1S/C34H48N2.2CH3.Ni/c1-4-7-10-13-18-28-20-16-23-30(25-28)33-27-32(22-15-12-9-6-3)34(36(33)35)31-24-17-21-29(26-31)19-14-11-8-5-2;;;/h16-17,20-21,23-27H,4-15,18-19,22H2,1-3H3;2*1H3;. The minimum atomic E-state index is 0.916. The van der Waals surface area contributed by atoms with E-state index in [0.29, 0.717) is 0 Å². The number of benzene rings is 2. The van der Waals surface area contributed by atoms with E-state index in [1.807, 2.05) is 0 Å². The Kier molecular flexibility index (Phi) is 17.0. The zero-order chi connectivity index (χ0) is 28.3. The summed E-state index contributed by atoms with van der Waals surface area (Å²) in [5.74, 6) is 4.12. The van der Waals surface area contributed by atoms with Gasteiger partial charge in [0.25, 0.3) is 0 Å². The third kappa shape index (κ3) is 11.6. The molecular formula is C36H54N2Ni. The minimum absolute atomic E-state index is 0.916. The van der Waals surface area contributed by atoms with Crippen molar-refractivity contribution >= 4 is 11.4 Å². The van der Waals surface area contributed by atoms with Gasteiger partial charge in [-0.15, -0.1) is 0 Å². The molecule has 0 unspecified atom stereocenters. The summed E-state index contributed by atoms with van der Waals surface area (Å²) in [5.41, 5.74) is 19.7. The van der Waals surface area contributed by atoms with Crippen LogP contribution in [0.3, 0.4) is 0 Å². The van der Waals surface area contributed by atoms with Crippen molar-refractivity contribution in [3.63, 3.8) is 0 Å². The maximum absolute atomic E-state index is 11.5. The van der Waals surface area contributed by atoms with Crippen molar-refractivity contribution in [2.75, 3.05) is 0 Å². The monoisotopic (exact) mass is 572 g/mol. The van der Waals surface area contributed by atoms with E-state index >= 15 is 0 Å². The summed E-state index contributed by atoms with van der Waals surface area (Å²) < 4.78 is 1.47. The van der Waals surface area contributed by atoms with Gasteiger partial charge in [0.05, 0.1) is 0 Å². The van der Waals surface area contributed by atoms with Crippen molar-refractivity contribution in [3.05, 3.63) is 88.0 Å². The van der Waals surface area contributed by atoms with Crippen LogP contribution in [0.25, 0.3) is 16.9 Å². The topological polar surface area (TPSA) is 25.3 Å². The Hall–Kier alpha value is -1.99. The molecule has 0 saturated heterocycles. The molecule has 218 valence electrons. The summed E-state index contributed by atoms with van der Waals surface area (Å²) in [5, 5.41) is 0. The first kappa shape index (κ1) is 33.2. The van der Waals surface area contributed by atoms with Gasteiger partial charge in [0, 0.05) is 22.8 Å². The first-order valence-electron chi connectivity index (χ1n) is 15.4. The fourth-order valence-electron chi connectivity index (χ4n) is 5.27. The molecular weight excluding hydrogens is 519 g/mol. The Morgan fingerprint density at radius 3 is 1.59 bits per heavy atom. The fourth-order valence-corrected chi connectivity index (χ4v) is 5.27. The number of allylic oxidation sites excluding steroid dienone is 2. The van der Waals surface area contributed by atoms with E-state index in [2.05, 4.69) is 87.2 Å². The van der Waals surface area contributed by atoms with Crippen LogP contribution in [0.2, 0.25) is 11.8 Å². The van der Waals surface area contributed by atoms with Gasteiger partial charge in [-0.3, -0.25) is 0 Å². The van der Waals surface area contributed by atoms with Gasteiger partial charge in [-0.1, -0.05) is 103 Å². The first-order chi connectivity index (χ1) is 19.1. The quantitative estimate of drug-likeness (QED) is 0.102. The van der Waals surface area contributed by atoms with Crippen LogP contribution >= 0.6 is 0 Å². The van der Waals surface area contributed by atoms with Crippen molar-refractivity contribution < 1.29 is 19.1 Å². The van der Waals surface area contributed by atoms with E-state index in [9.17, 15) is 5.53 Å². The zero-order valence-electron chi connectivity index (χ0n) is 25.5. The van der Waals surface area contributed by atoms with E-state index in [1.165, 1.54) is 98.4 Å². The molecule has 0 fully saturated rings. The second-order valence-electron chi connectivity index (χ2n) is 10.9. The Bertz CT molecular complexity index is 1050. The Morgan fingerprint density at radius 1 is 0.615 bits per heavy atom. The average molecular weight is 574 g/mol. The van der Waals surface area contributed by atoms with Crippen LogP contribution in [0.15, 0.2) is 60.2 Å². The molecule has 3 heteroatoms. The van der Waals surface area contributed by atoms with Gasteiger partial charge >= 0.3 is 26.2 Å². The van der Waals surface area contributed by atoms with Crippen molar-refractivity contribution in [2.24, 2.45) is 0 Å². The molecule has 0 spiro atoms. The molecule has 2 aromatic carbocycles. The molecule has 3 rings (SSSR count). The molecule has 0 amide bonds. The average Bonchev–Trinajstić information content (AvgIpc) is 3.28. The van der Waals surface area contributed by atoms with Gasteiger partial charge in [0.1, 0.15) is 0 Å². The van der Waals surface area contributed by atoms with Gasteiger partial charge < -0.3 is 5.53 Å². The number of unbranched alkanes of at least 4 members (excludes halogenated alkanes) is 9. The van der Waals surface area contributed by atoms with E-state index in [0.717, 1.165) is 41.8 Å². The van der Waals surface area contributed by atoms with Gasteiger partial charge in [-0.05, 0) is 73.9 Å². The summed E-state index contributed by atoms with van der Waals surface area (Å²) in [7, 11) is 0. The molecule has 1 aliphatic heterocycles. The van der Waals surface area contributed by atoms with Crippen molar-refractivity contribution in [2.45, 2.75) is 129 Å². The normalized spacial score (nSPS) is 13.1. The predicted molar refractivity (Wildman–Crippen MR) is 168 cm³/mol. The van der Waals surface area contributed by atoms with Crippen LogP contribution in [0.1, 0.15) is 126 Å². The number of rotatable bonds is 17. The van der Waals surface area contributed by atoms with Crippen LogP contribution in [0, 0.1) is 0 Å². The third-order valence-electron chi connectivity index (χ3n) is 7.42. The number of aryl methyl sites for hydroxylation is 2. The van der Waals surface area contributed by atoms with Crippen LogP contribution in [0.5, 0.6) is 0 Å². The van der Waals surface area contributed by atoms with Crippen molar-refractivity contribution in [1.82, 2.24) is 0 Å². The van der Waals surface area contributed by atoms with Gasteiger partial charge in [-0.25, -0.2) is 4.70 Å². The second kappa shape index (κ2) is 20.0. The molecule has 0 atom stereocenters. The third-order valence-corrected chi connectivity index (χ3v) is 7.42. The molecule has 2 aromatic rings. The molecule has 1 aliphatic rings. The van der Waals surface area contributed by atoms with Crippen LogP contribution < -0.4 is 0 Å². The number of hydrogen-bond acceptors (Lipinski definition) is 0. The van der Waals surface area contributed by atoms with Crippen LogP contribution in [-0.2, 0) is 27.3 Å². The molecule has 0 radical (unpaired) electrons. The molecule has 0 aromatic heterocycles. The van der Waals surface area contributed by atoms with E-state index in [1.54, 1.807) is 14.4 Å². The van der Waals surface area contributed by atoms with Crippen LogP contribution in [-0.4, -0.2) is 4.70 Å². The molecule has 0 saturated carbocycles. The van der Waals surface area contributed by atoms with Crippen molar-refractivity contribution in [3.8, 4) is 0 Å². The molecule has 0 bridgehead atoms. The number of hydrogen-bond donors (Lipinski definition) is 0. The maximum atomic E-state index is 11.5. The fraction of sp³-hybridized carbons (Fsp3) is 0.556. The molecule has 1 heterocycles. The summed E-state index contributed by atoms with van der Waals surface area (Å²) in [4.78, 5) is 0. The van der Waals surface area contributed by atoms with Crippen molar-refractivity contribution in [1.29, 1.82) is 0 Å². The Labute approximate surface area is 246 Å². The molecule has 2 nitrogen and oxygen atoms in total. The summed E-state index contributed by atoms with van der Waals surface area (Å²) in [6.07, 6.45) is 20.6. The summed E-state index contributed by atoms with van der Waals surface area (Å²) >= 11 is 1.62. The second-order valence-corrected chi connectivity index (χ2v) is 11.9. The summed E-state index contributed by atoms with van der Waals surface area (Å²) in [6.45, 7) is 6.78. The SMILES string of the molecule is CCCCCCC1=C(c2cccc(CCCCCC)c2)[N+](=[N-])C(c2cccc(CCCCCC)c2)=C1.[CH3][Ni][CH3]. The van der Waals surface area contributed by atoms with Gasteiger partial charge in [0.15, 0.2) is 0 Å². The predicted octanol–water partition coefficient (Wildman–Crippen LogP) is 11.9. The first-order valence-corrected chi connectivity index (χ1v) is 17.4. The van der Waals surface area contributed by atoms with Gasteiger partial charge in [-0.2, -0.15) is 0 Å². The van der Waals surface area contributed by atoms with Crippen LogP contribution in [0.4, 0.5) is 0 Å².